The van der Waals surface area contributed by atoms with E-state index in [4.69, 9.17) is 10.2 Å². The topological polar surface area (TPSA) is 74.6 Å². The highest BCUT2D eigenvalue weighted by Crippen LogP contribution is 1.91. The van der Waals surface area contributed by atoms with E-state index in [1.54, 1.807) is 0 Å². The molecule has 0 aliphatic carbocycles. The third kappa shape index (κ3) is 29.4. The van der Waals surface area contributed by atoms with E-state index in [0.29, 0.717) is 0 Å². The molecule has 0 aromatic rings. The zero-order chi connectivity index (χ0) is 15.1. The molecule has 0 rings (SSSR count). The minimum atomic E-state index is -0.935. The number of unbranched alkanes of at least 4 members (excludes halogenated alkanes) is 1. The van der Waals surface area contributed by atoms with Crippen molar-refractivity contribution in [1.29, 1.82) is 0 Å². The number of carboxylic acid groups (broad SMARTS) is 2. The SMILES string of the molecule is C=C(C)C(=O)O.C=C(C)C(=O)O.SCCCCS. The van der Waals surface area contributed by atoms with Crippen LogP contribution in [0.4, 0.5) is 0 Å². The first-order chi connectivity index (χ1) is 8.20. The smallest absolute Gasteiger partial charge is 0.330 e. The van der Waals surface area contributed by atoms with Crippen molar-refractivity contribution >= 4 is 37.2 Å². The van der Waals surface area contributed by atoms with Gasteiger partial charge in [0.05, 0.1) is 0 Å². The van der Waals surface area contributed by atoms with Crippen LogP contribution in [0.1, 0.15) is 26.7 Å². The largest absolute Gasteiger partial charge is 0.478 e. The maximum Gasteiger partial charge on any atom is 0.330 e. The van der Waals surface area contributed by atoms with E-state index in [1.807, 2.05) is 0 Å². The van der Waals surface area contributed by atoms with Gasteiger partial charge in [0.15, 0.2) is 0 Å². The summed E-state index contributed by atoms with van der Waals surface area (Å²) in [5.74, 6) is 0.131. The summed E-state index contributed by atoms with van der Waals surface area (Å²) in [6, 6.07) is 0. The van der Waals surface area contributed by atoms with Crippen LogP contribution < -0.4 is 0 Å². The van der Waals surface area contributed by atoms with Crippen molar-refractivity contribution in [3.63, 3.8) is 0 Å². The molecule has 0 bridgehead atoms. The van der Waals surface area contributed by atoms with Gasteiger partial charge in [0.1, 0.15) is 0 Å². The maximum absolute atomic E-state index is 9.60. The molecule has 0 spiro atoms. The van der Waals surface area contributed by atoms with Gasteiger partial charge in [-0.1, -0.05) is 13.2 Å². The predicted octanol–water partition coefficient (Wildman–Crippen LogP) is 2.92. The fourth-order valence-electron chi connectivity index (χ4n) is 0.224. The van der Waals surface area contributed by atoms with Crippen molar-refractivity contribution < 1.29 is 19.8 Å². The monoisotopic (exact) mass is 294 g/mol. The number of rotatable bonds is 5. The molecule has 0 fully saturated rings. The van der Waals surface area contributed by atoms with Crippen LogP contribution in [-0.2, 0) is 9.59 Å². The molecule has 106 valence electrons. The van der Waals surface area contributed by atoms with Crippen LogP contribution in [0.15, 0.2) is 24.3 Å². The Balaban J connectivity index is -0.000000187. The lowest BCUT2D eigenvalue weighted by atomic mass is 10.4. The van der Waals surface area contributed by atoms with E-state index in [-0.39, 0.29) is 11.1 Å². The van der Waals surface area contributed by atoms with Gasteiger partial charge in [0.25, 0.3) is 0 Å². The fourth-order valence-corrected chi connectivity index (χ4v) is 0.671. The molecule has 0 aromatic heterocycles. The van der Waals surface area contributed by atoms with Crippen LogP contribution in [-0.4, -0.2) is 33.7 Å². The highest BCUT2D eigenvalue weighted by atomic mass is 32.1. The third-order valence-electron chi connectivity index (χ3n) is 1.30. The van der Waals surface area contributed by atoms with Gasteiger partial charge in [-0.05, 0) is 38.2 Å². The Morgan fingerprint density at radius 2 is 1.06 bits per heavy atom. The summed E-state index contributed by atoms with van der Waals surface area (Å²) in [5, 5.41) is 15.8. The lowest BCUT2D eigenvalue weighted by Crippen LogP contribution is -1.92. The van der Waals surface area contributed by atoms with Crippen LogP contribution in [0.5, 0.6) is 0 Å². The van der Waals surface area contributed by atoms with Crippen molar-refractivity contribution in [2.24, 2.45) is 0 Å². The average molecular weight is 294 g/mol. The zero-order valence-corrected chi connectivity index (χ0v) is 12.6. The second-order valence-electron chi connectivity index (χ2n) is 3.33. The minimum absolute atomic E-state index is 0.176. The van der Waals surface area contributed by atoms with Gasteiger partial charge in [0.2, 0.25) is 0 Å². The number of carboxylic acids is 2. The number of hydrogen-bond donors (Lipinski definition) is 4. The Morgan fingerprint density at radius 3 is 1.11 bits per heavy atom. The molecule has 6 heteroatoms. The van der Waals surface area contributed by atoms with Crippen molar-refractivity contribution in [2.45, 2.75) is 26.7 Å². The van der Waals surface area contributed by atoms with Crippen LogP contribution in [0, 0.1) is 0 Å². The van der Waals surface area contributed by atoms with E-state index in [2.05, 4.69) is 38.4 Å². The van der Waals surface area contributed by atoms with Gasteiger partial charge in [-0.3, -0.25) is 0 Å². The Bertz CT molecular complexity index is 223. The van der Waals surface area contributed by atoms with Crippen molar-refractivity contribution in [3.8, 4) is 0 Å². The normalized spacial score (nSPS) is 8.00. The number of thiol groups is 2. The molecule has 0 heterocycles. The Hall–Kier alpha value is -0.880. The molecule has 0 atom stereocenters. The van der Waals surface area contributed by atoms with Crippen LogP contribution in [0.3, 0.4) is 0 Å². The zero-order valence-electron chi connectivity index (χ0n) is 10.8. The first-order valence-electron chi connectivity index (χ1n) is 5.20. The first-order valence-corrected chi connectivity index (χ1v) is 6.46. The molecule has 0 unspecified atom stereocenters. The molecule has 0 saturated heterocycles. The second-order valence-corrected chi connectivity index (χ2v) is 4.22. The molecule has 4 nitrogen and oxygen atoms in total. The Morgan fingerprint density at radius 1 is 0.889 bits per heavy atom. The molecule has 0 aromatic carbocycles. The van der Waals surface area contributed by atoms with Crippen LogP contribution in [0.25, 0.3) is 0 Å². The van der Waals surface area contributed by atoms with Crippen molar-refractivity contribution in [1.82, 2.24) is 0 Å². The van der Waals surface area contributed by atoms with Crippen LogP contribution in [0.2, 0.25) is 0 Å². The number of hydrogen-bond acceptors (Lipinski definition) is 4. The van der Waals surface area contributed by atoms with Crippen molar-refractivity contribution in [2.75, 3.05) is 11.5 Å². The van der Waals surface area contributed by atoms with Gasteiger partial charge >= 0.3 is 11.9 Å². The highest BCUT2D eigenvalue weighted by molar-refractivity contribution is 7.80. The second kappa shape index (κ2) is 16.1. The average Bonchev–Trinajstić information content (AvgIpc) is 2.27. The lowest BCUT2D eigenvalue weighted by molar-refractivity contribution is -0.133. The predicted molar refractivity (Wildman–Crippen MR) is 81.8 cm³/mol. The lowest BCUT2D eigenvalue weighted by Gasteiger charge is -1.85. The molecule has 18 heavy (non-hydrogen) atoms. The van der Waals surface area contributed by atoms with Gasteiger partial charge in [-0.2, -0.15) is 25.3 Å². The minimum Gasteiger partial charge on any atom is -0.478 e. The summed E-state index contributed by atoms with van der Waals surface area (Å²) in [4.78, 5) is 19.2. The summed E-state index contributed by atoms with van der Waals surface area (Å²) >= 11 is 8.04. The third-order valence-corrected chi connectivity index (χ3v) is 1.93. The van der Waals surface area contributed by atoms with E-state index >= 15 is 0 Å². The highest BCUT2D eigenvalue weighted by Gasteiger charge is 1.90. The van der Waals surface area contributed by atoms with Crippen molar-refractivity contribution in [3.05, 3.63) is 24.3 Å². The molecule has 2 N–H and O–H groups in total. The molecule has 0 aliphatic rings. The quantitative estimate of drug-likeness (QED) is 0.357. The molecule has 0 saturated carbocycles. The summed E-state index contributed by atoms with van der Waals surface area (Å²) in [6.45, 7) is 9.20. The van der Waals surface area contributed by atoms with Gasteiger partial charge in [0, 0.05) is 11.1 Å². The summed E-state index contributed by atoms with van der Waals surface area (Å²) < 4.78 is 0. The Labute approximate surface area is 120 Å². The van der Waals surface area contributed by atoms with Crippen LogP contribution >= 0.6 is 25.3 Å². The van der Waals surface area contributed by atoms with Gasteiger partial charge in [-0.15, -0.1) is 0 Å². The maximum atomic E-state index is 9.60. The van der Waals surface area contributed by atoms with Gasteiger partial charge in [-0.25, -0.2) is 9.59 Å². The summed E-state index contributed by atoms with van der Waals surface area (Å²) in [5.41, 5.74) is 0.352. The van der Waals surface area contributed by atoms with E-state index in [9.17, 15) is 9.59 Å². The first kappa shape index (κ1) is 22.3. The standard InChI is InChI=1S/2C4H6O2.C4H10S2/c2*1-3(2)4(5)6;5-3-1-2-4-6/h2*1H2,2H3,(H,5,6);5-6H,1-4H2. The van der Waals surface area contributed by atoms with E-state index in [1.165, 1.54) is 26.7 Å². The number of carbonyl (C=O) groups is 2. The molecule has 0 aliphatic heterocycles. The van der Waals surface area contributed by atoms with E-state index in [0.717, 1.165) is 11.5 Å². The summed E-state index contributed by atoms with van der Waals surface area (Å²) in [6.07, 6.45) is 2.40. The summed E-state index contributed by atoms with van der Waals surface area (Å²) in [7, 11) is 0. The molecular formula is C12H22O4S2. The number of aliphatic carboxylic acids is 2. The fraction of sp³-hybridized carbons (Fsp3) is 0.500. The molecule has 0 amide bonds. The van der Waals surface area contributed by atoms with Gasteiger partial charge < -0.3 is 10.2 Å². The molecular weight excluding hydrogens is 272 g/mol. The van der Waals surface area contributed by atoms with E-state index < -0.39 is 11.9 Å². The Kier molecular flexibility index (Phi) is 20.0. The molecule has 0 radical (unpaired) electrons.